The summed E-state index contributed by atoms with van der Waals surface area (Å²) in [5.41, 5.74) is 0.942. The molecule has 0 aliphatic heterocycles. The zero-order valence-electron chi connectivity index (χ0n) is 9.27. The molecule has 0 spiro atoms. The number of hydrogen-bond donors (Lipinski definition) is 0. The van der Waals surface area contributed by atoms with Crippen molar-refractivity contribution in [3.05, 3.63) is 30.1 Å². The molecule has 0 aromatic carbocycles. The van der Waals surface area contributed by atoms with Crippen LogP contribution in [0.5, 0.6) is 0 Å². The van der Waals surface area contributed by atoms with Crippen LogP contribution in [-0.4, -0.2) is 17.6 Å². The Morgan fingerprint density at radius 3 is 2.87 bits per heavy atom. The van der Waals surface area contributed by atoms with Crippen LogP contribution >= 0.6 is 0 Å². The number of esters is 1. The maximum atomic E-state index is 11.7. The Labute approximate surface area is 90.5 Å². The van der Waals surface area contributed by atoms with Crippen molar-refractivity contribution in [2.45, 2.75) is 32.6 Å². The molecule has 1 atom stereocenters. The van der Waals surface area contributed by atoms with E-state index in [0.29, 0.717) is 6.61 Å². The Morgan fingerprint density at radius 2 is 2.33 bits per heavy atom. The minimum atomic E-state index is -0.163. The fraction of sp³-hybridized carbons (Fsp3) is 0.500. The van der Waals surface area contributed by atoms with E-state index >= 15 is 0 Å². The first-order valence-electron chi connectivity index (χ1n) is 5.36. The van der Waals surface area contributed by atoms with Gasteiger partial charge in [0.25, 0.3) is 0 Å². The lowest BCUT2D eigenvalue weighted by Gasteiger charge is -2.14. The predicted octanol–water partition coefficient (Wildman–Crippen LogP) is 2.53. The van der Waals surface area contributed by atoms with Gasteiger partial charge in [-0.2, -0.15) is 0 Å². The molecule has 0 saturated heterocycles. The van der Waals surface area contributed by atoms with Gasteiger partial charge < -0.3 is 4.74 Å². The van der Waals surface area contributed by atoms with Crippen LogP contribution < -0.4 is 0 Å². The Hall–Kier alpha value is -1.38. The quantitative estimate of drug-likeness (QED) is 0.696. The fourth-order valence-electron chi connectivity index (χ4n) is 1.53. The highest BCUT2D eigenvalue weighted by atomic mass is 16.5. The molecule has 1 aromatic heterocycles. The molecule has 82 valence electrons. The van der Waals surface area contributed by atoms with Crippen molar-refractivity contribution in [3.8, 4) is 0 Å². The molecule has 0 fully saturated rings. The fourth-order valence-corrected chi connectivity index (χ4v) is 1.53. The number of ether oxygens (including phenoxy) is 1. The number of nitrogens with zero attached hydrogens (tertiary/aromatic N) is 1. The van der Waals surface area contributed by atoms with Crippen molar-refractivity contribution in [3.63, 3.8) is 0 Å². The molecule has 0 radical (unpaired) electrons. The Morgan fingerprint density at radius 1 is 1.53 bits per heavy atom. The summed E-state index contributed by atoms with van der Waals surface area (Å²) in [6, 6.07) is 3.77. The molecule has 0 aliphatic rings. The van der Waals surface area contributed by atoms with E-state index in [2.05, 4.69) is 11.9 Å². The molecule has 3 heteroatoms. The highest BCUT2D eigenvalue weighted by Crippen LogP contribution is 2.21. The van der Waals surface area contributed by atoms with Gasteiger partial charge in [0.1, 0.15) is 0 Å². The van der Waals surface area contributed by atoms with E-state index in [0.717, 1.165) is 18.4 Å². The van der Waals surface area contributed by atoms with E-state index in [9.17, 15) is 4.79 Å². The third-order valence-electron chi connectivity index (χ3n) is 2.24. The summed E-state index contributed by atoms with van der Waals surface area (Å²) >= 11 is 0. The minimum Gasteiger partial charge on any atom is -0.466 e. The first-order valence-corrected chi connectivity index (χ1v) is 5.36. The topological polar surface area (TPSA) is 39.2 Å². The maximum absolute atomic E-state index is 11.7. The molecular formula is C12H17NO2. The predicted molar refractivity (Wildman–Crippen MR) is 58.5 cm³/mol. The largest absolute Gasteiger partial charge is 0.466 e. The Balaban J connectivity index is 2.78. The van der Waals surface area contributed by atoms with Gasteiger partial charge in [-0.1, -0.05) is 19.4 Å². The molecule has 0 aliphatic carbocycles. The van der Waals surface area contributed by atoms with Crippen LogP contribution in [0.1, 0.15) is 38.2 Å². The number of pyridine rings is 1. The second kappa shape index (κ2) is 6.17. The lowest BCUT2D eigenvalue weighted by molar-refractivity contribution is -0.145. The number of aromatic nitrogens is 1. The molecule has 0 bridgehead atoms. The first kappa shape index (κ1) is 11.7. The standard InChI is InChI=1S/C12H17NO2/c1-3-6-11(12(14)15-4-2)10-7-5-8-13-9-10/h5,7-9,11H,3-4,6H2,1-2H3. The highest BCUT2D eigenvalue weighted by molar-refractivity contribution is 5.77. The van der Waals surface area contributed by atoms with Crippen LogP contribution in [0, 0.1) is 0 Å². The molecule has 1 heterocycles. The smallest absolute Gasteiger partial charge is 0.313 e. The summed E-state index contributed by atoms with van der Waals surface area (Å²) in [5, 5.41) is 0. The molecule has 15 heavy (non-hydrogen) atoms. The van der Waals surface area contributed by atoms with Crippen LogP contribution in [-0.2, 0) is 9.53 Å². The molecule has 1 aromatic rings. The van der Waals surface area contributed by atoms with Gasteiger partial charge in [-0.15, -0.1) is 0 Å². The van der Waals surface area contributed by atoms with Crippen molar-refractivity contribution in [2.24, 2.45) is 0 Å². The molecule has 3 nitrogen and oxygen atoms in total. The summed E-state index contributed by atoms with van der Waals surface area (Å²) in [6.07, 6.45) is 5.21. The van der Waals surface area contributed by atoms with Crippen LogP contribution in [0.3, 0.4) is 0 Å². The zero-order chi connectivity index (χ0) is 11.1. The van der Waals surface area contributed by atoms with Crippen LogP contribution in [0.25, 0.3) is 0 Å². The second-order valence-electron chi connectivity index (χ2n) is 3.38. The van der Waals surface area contributed by atoms with E-state index in [1.54, 1.807) is 12.4 Å². The summed E-state index contributed by atoms with van der Waals surface area (Å²) in [5.74, 6) is -0.309. The summed E-state index contributed by atoms with van der Waals surface area (Å²) < 4.78 is 5.04. The summed E-state index contributed by atoms with van der Waals surface area (Å²) in [4.78, 5) is 15.7. The maximum Gasteiger partial charge on any atom is 0.313 e. The van der Waals surface area contributed by atoms with Gasteiger partial charge in [0, 0.05) is 12.4 Å². The summed E-state index contributed by atoms with van der Waals surface area (Å²) in [7, 11) is 0. The third kappa shape index (κ3) is 3.35. The van der Waals surface area contributed by atoms with Gasteiger partial charge in [-0.25, -0.2) is 0 Å². The van der Waals surface area contributed by atoms with E-state index in [-0.39, 0.29) is 11.9 Å². The van der Waals surface area contributed by atoms with Crippen LogP contribution in [0.4, 0.5) is 0 Å². The van der Waals surface area contributed by atoms with E-state index in [1.165, 1.54) is 0 Å². The van der Waals surface area contributed by atoms with Gasteiger partial charge in [0.2, 0.25) is 0 Å². The van der Waals surface area contributed by atoms with Crippen molar-refractivity contribution < 1.29 is 9.53 Å². The van der Waals surface area contributed by atoms with Gasteiger partial charge in [-0.3, -0.25) is 9.78 Å². The van der Waals surface area contributed by atoms with Crippen LogP contribution in [0.2, 0.25) is 0 Å². The molecule has 0 amide bonds. The lowest BCUT2D eigenvalue weighted by atomic mass is 9.96. The van der Waals surface area contributed by atoms with Crippen molar-refractivity contribution in [1.82, 2.24) is 4.98 Å². The monoisotopic (exact) mass is 207 g/mol. The van der Waals surface area contributed by atoms with E-state index < -0.39 is 0 Å². The van der Waals surface area contributed by atoms with Gasteiger partial charge in [0.05, 0.1) is 12.5 Å². The third-order valence-corrected chi connectivity index (χ3v) is 2.24. The molecular weight excluding hydrogens is 190 g/mol. The molecule has 1 unspecified atom stereocenters. The molecule has 0 N–H and O–H groups in total. The number of rotatable bonds is 5. The Kier molecular flexibility index (Phi) is 4.81. The normalized spacial score (nSPS) is 12.1. The number of carbonyl (C=O) groups is 1. The van der Waals surface area contributed by atoms with E-state index in [4.69, 9.17) is 4.74 Å². The van der Waals surface area contributed by atoms with Gasteiger partial charge in [0.15, 0.2) is 0 Å². The average Bonchev–Trinajstić information content (AvgIpc) is 2.27. The first-order chi connectivity index (χ1) is 7.29. The Bertz CT molecular complexity index is 298. The van der Waals surface area contributed by atoms with Crippen LogP contribution in [0.15, 0.2) is 24.5 Å². The minimum absolute atomic E-state index is 0.146. The molecule has 0 saturated carbocycles. The van der Waals surface area contributed by atoms with Gasteiger partial charge >= 0.3 is 5.97 Å². The summed E-state index contributed by atoms with van der Waals surface area (Å²) in [6.45, 7) is 4.31. The van der Waals surface area contributed by atoms with Crippen molar-refractivity contribution in [2.75, 3.05) is 6.61 Å². The van der Waals surface area contributed by atoms with Gasteiger partial charge in [-0.05, 0) is 25.0 Å². The highest BCUT2D eigenvalue weighted by Gasteiger charge is 2.20. The number of hydrogen-bond acceptors (Lipinski definition) is 3. The zero-order valence-corrected chi connectivity index (χ0v) is 9.27. The lowest BCUT2D eigenvalue weighted by Crippen LogP contribution is -2.16. The molecule has 1 rings (SSSR count). The van der Waals surface area contributed by atoms with Crippen molar-refractivity contribution >= 4 is 5.97 Å². The number of carbonyl (C=O) groups excluding carboxylic acids is 1. The SMILES string of the molecule is CCCC(C(=O)OCC)c1cccnc1. The second-order valence-corrected chi connectivity index (χ2v) is 3.38. The average molecular weight is 207 g/mol. The van der Waals surface area contributed by atoms with Crippen molar-refractivity contribution in [1.29, 1.82) is 0 Å². The van der Waals surface area contributed by atoms with E-state index in [1.807, 2.05) is 19.1 Å².